The van der Waals surface area contributed by atoms with Crippen LogP contribution in [0.4, 0.5) is 8.78 Å². The molecule has 3 aromatic rings. The number of rotatable bonds is 4. The first-order valence-electron chi connectivity index (χ1n) is 8.70. The number of hydrogen-bond acceptors (Lipinski definition) is 1. The summed E-state index contributed by atoms with van der Waals surface area (Å²) in [5.74, 6) is -0.446. The number of phenolic OH excluding ortho intramolecular Hbond substituents is 1. The molecule has 1 nitrogen and oxygen atoms in total. The minimum atomic E-state index is -0.295. The van der Waals surface area contributed by atoms with E-state index >= 15 is 0 Å². The monoisotopic (exact) mass is 352 g/mol. The standard InChI is InChI=1S/C23H22F2O/c1-14-11-19(18-5-4-6-20(24)13-18)12-17(15(14)2)7-8-21-16(3)23(26)10-9-22(21)25/h4-6,9-13,26H,7-8H2,1-3H3. The molecule has 0 amide bonds. The molecule has 0 bridgehead atoms. The minimum Gasteiger partial charge on any atom is -0.508 e. The second-order valence-corrected chi connectivity index (χ2v) is 6.76. The average Bonchev–Trinajstić information content (AvgIpc) is 2.61. The van der Waals surface area contributed by atoms with E-state index < -0.39 is 0 Å². The van der Waals surface area contributed by atoms with Crippen molar-refractivity contribution < 1.29 is 13.9 Å². The summed E-state index contributed by atoms with van der Waals surface area (Å²) in [4.78, 5) is 0. The highest BCUT2D eigenvalue weighted by atomic mass is 19.1. The van der Waals surface area contributed by atoms with Crippen LogP contribution in [0.5, 0.6) is 5.75 Å². The van der Waals surface area contributed by atoms with Gasteiger partial charge in [-0.3, -0.25) is 0 Å². The maximum Gasteiger partial charge on any atom is 0.126 e. The van der Waals surface area contributed by atoms with Crippen LogP contribution in [0.3, 0.4) is 0 Å². The Balaban J connectivity index is 1.95. The van der Waals surface area contributed by atoms with Crippen molar-refractivity contribution in [3.63, 3.8) is 0 Å². The second-order valence-electron chi connectivity index (χ2n) is 6.76. The summed E-state index contributed by atoms with van der Waals surface area (Å²) < 4.78 is 27.7. The van der Waals surface area contributed by atoms with Gasteiger partial charge in [-0.15, -0.1) is 0 Å². The Kier molecular flexibility index (Phi) is 5.08. The van der Waals surface area contributed by atoms with Crippen molar-refractivity contribution in [3.8, 4) is 16.9 Å². The predicted octanol–water partition coefficient (Wildman–Crippen LogP) is 6.05. The van der Waals surface area contributed by atoms with E-state index in [2.05, 4.69) is 0 Å². The lowest BCUT2D eigenvalue weighted by Gasteiger charge is -2.14. The third-order valence-electron chi connectivity index (χ3n) is 5.09. The third kappa shape index (κ3) is 3.62. The molecule has 0 radical (unpaired) electrons. The zero-order chi connectivity index (χ0) is 18.8. The average molecular weight is 352 g/mol. The van der Waals surface area contributed by atoms with E-state index in [0.717, 1.165) is 27.8 Å². The molecule has 0 unspecified atom stereocenters. The maximum atomic E-state index is 14.1. The molecule has 0 aromatic heterocycles. The summed E-state index contributed by atoms with van der Waals surface area (Å²) in [5, 5.41) is 9.84. The Hall–Kier alpha value is -2.68. The topological polar surface area (TPSA) is 20.2 Å². The largest absolute Gasteiger partial charge is 0.508 e. The van der Waals surface area contributed by atoms with Crippen molar-refractivity contribution in [1.29, 1.82) is 0 Å². The Morgan fingerprint density at radius 3 is 2.31 bits per heavy atom. The van der Waals surface area contributed by atoms with E-state index in [9.17, 15) is 13.9 Å². The van der Waals surface area contributed by atoms with Gasteiger partial charge in [-0.05, 0) is 96.8 Å². The fraction of sp³-hybridized carbons (Fsp3) is 0.217. The molecule has 3 heteroatoms. The zero-order valence-corrected chi connectivity index (χ0v) is 15.2. The van der Waals surface area contributed by atoms with Crippen LogP contribution in [0.2, 0.25) is 0 Å². The van der Waals surface area contributed by atoms with Gasteiger partial charge in [-0.25, -0.2) is 8.78 Å². The van der Waals surface area contributed by atoms with Gasteiger partial charge >= 0.3 is 0 Å². The molecule has 0 aliphatic heterocycles. The van der Waals surface area contributed by atoms with Crippen LogP contribution in [0.15, 0.2) is 48.5 Å². The number of aromatic hydroxyl groups is 1. The minimum absolute atomic E-state index is 0.114. The van der Waals surface area contributed by atoms with E-state index in [0.29, 0.717) is 24.0 Å². The number of aryl methyl sites for hydroxylation is 2. The van der Waals surface area contributed by atoms with Crippen molar-refractivity contribution in [2.75, 3.05) is 0 Å². The summed E-state index contributed by atoms with van der Waals surface area (Å²) in [6.45, 7) is 5.81. The molecule has 1 N–H and O–H groups in total. The lowest BCUT2D eigenvalue weighted by atomic mass is 9.91. The smallest absolute Gasteiger partial charge is 0.126 e. The lowest BCUT2D eigenvalue weighted by molar-refractivity contribution is 0.466. The van der Waals surface area contributed by atoms with Gasteiger partial charge in [0.15, 0.2) is 0 Å². The van der Waals surface area contributed by atoms with Crippen LogP contribution in [-0.4, -0.2) is 5.11 Å². The summed E-state index contributed by atoms with van der Waals surface area (Å²) in [6.07, 6.45) is 1.15. The molecule has 26 heavy (non-hydrogen) atoms. The number of halogens is 2. The second kappa shape index (κ2) is 7.28. The summed E-state index contributed by atoms with van der Waals surface area (Å²) in [5.41, 5.74) is 6.29. The van der Waals surface area contributed by atoms with Crippen LogP contribution in [-0.2, 0) is 12.8 Å². The molecule has 134 valence electrons. The molecule has 0 saturated carbocycles. The van der Waals surface area contributed by atoms with Gasteiger partial charge in [0, 0.05) is 0 Å². The molecule has 0 heterocycles. The third-order valence-corrected chi connectivity index (χ3v) is 5.09. The Morgan fingerprint density at radius 1 is 0.808 bits per heavy atom. The number of hydrogen-bond donors (Lipinski definition) is 1. The van der Waals surface area contributed by atoms with Gasteiger partial charge in [-0.2, -0.15) is 0 Å². The Bertz CT molecular complexity index is 961. The van der Waals surface area contributed by atoms with Gasteiger partial charge in [0.2, 0.25) is 0 Å². The zero-order valence-electron chi connectivity index (χ0n) is 15.2. The molecule has 3 aromatic carbocycles. The highest BCUT2D eigenvalue weighted by molar-refractivity contribution is 5.66. The van der Waals surface area contributed by atoms with E-state index in [1.807, 2.05) is 32.0 Å². The van der Waals surface area contributed by atoms with E-state index in [4.69, 9.17) is 0 Å². The van der Waals surface area contributed by atoms with Crippen LogP contribution in [0.1, 0.15) is 27.8 Å². The van der Waals surface area contributed by atoms with E-state index in [-0.39, 0.29) is 17.4 Å². The van der Waals surface area contributed by atoms with Crippen molar-refractivity contribution in [2.24, 2.45) is 0 Å². The summed E-state index contributed by atoms with van der Waals surface area (Å²) in [7, 11) is 0. The predicted molar refractivity (Wildman–Crippen MR) is 102 cm³/mol. The molecule has 0 aliphatic carbocycles. The lowest BCUT2D eigenvalue weighted by Crippen LogP contribution is -2.01. The van der Waals surface area contributed by atoms with Crippen LogP contribution >= 0.6 is 0 Å². The van der Waals surface area contributed by atoms with Crippen molar-refractivity contribution >= 4 is 0 Å². The quantitative estimate of drug-likeness (QED) is 0.606. The SMILES string of the molecule is Cc1cc(-c2cccc(F)c2)cc(CCc2c(F)ccc(O)c2C)c1C. The van der Waals surface area contributed by atoms with Crippen molar-refractivity contribution in [2.45, 2.75) is 33.6 Å². The molecule has 0 atom stereocenters. The normalized spacial score (nSPS) is 11.0. The van der Waals surface area contributed by atoms with E-state index in [1.165, 1.54) is 24.3 Å². The molecule has 0 aliphatic rings. The summed E-state index contributed by atoms with van der Waals surface area (Å²) >= 11 is 0. The van der Waals surface area contributed by atoms with Crippen molar-refractivity contribution in [1.82, 2.24) is 0 Å². The first-order chi connectivity index (χ1) is 12.4. The summed E-state index contributed by atoms with van der Waals surface area (Å²) in [6, 6.07) is 13.3. The van der Waals surface area contributed by atoms with Gasteiger partial charge in [-0.1, -0.05) is 24.3 Å². The number of phenols is 1. The highest BCUT2D eigenvalue weighted by Gasteiger charge is 2.12. The molecule has 0 saturated heterocycles. The fourth-order valence-electron chi connectivity index (χ4n) is 3.30. The van der Waals surface area contributed by atoms with Gasteiger partial charge in [0.05, 0.1) is 0 Å². The first kappa shape index (κ1) is 18.1. The molecule has 0 spiro atoms. The highest BCUT2D eigenvalue weighted by Crippen LogP contribution is 2.28. The van der Waals surface area contributed by atoms with Crippen LogP contribution < -0.4 is 0 Å². The van der Waals surface area contributed by atoms with Crippen LogP contribution in [0.25, 0.3) is 11.1 Å². The van der Waals surface area contributed by atoms with Crippen molar-refractivity contribution in [3.05, 3.63) is 88.0 Å². The van der Waals surface area contributed by atoms with Gasteiger partial charge in [0.1, 0.15) is 17.4 Å². The maximum absolute atomic E-state index is 14.1. The van der Waals surface area contributed by atoms with E-state index in [1.54, 1.807) is 13.0 Å². The fourth-order valence-corrected chi connectivity index (χ4v) is 3.30. The first-order valence-corrected chi connectivity index (χ1v) is 8.70. The van der Waals surface area contributed by atoms with Gasteiger partial charge < -0.3 is 5.11 Å². The molecule has 3 rings (SSSR count). The molecule has 0 fully saturated rings. The molecular formula is C23H22F2O. The Labute approximate surface area is 152 Å². The van der Waals surface area contributed by atoms with Gasteiger partial charge in [0.25, 0.3) is 0 Å². The number of benzene rings is 3. The Morgan fingerprint density at radius 2 is 1.58 bits per heavy atom. The van der Waals surface area contributed by atoms with Crippen LogP contribution in [0, 0.1) is 32.4 Å². The molecular weight excluding hydrogens is 330 g/mol.